The smallest absolute Gasteiger partial charge is 0.257 e. The monoisotopic (exact) mass is 369 g/mol. The number of anilines is 1. The fourth-order valence-corrected chi connectivity index (χ4v) is 3.29. The minimum absolute atomic E-state index is 0.210. The van der Waals surface area contributed by atoms with Crippen LogP contribution >= 0.6 is 0 Å². The van der Waals surface area contributed by atoms with Gasteiger partial charge in [0.1, 0.15) is 18.2 Å². The van der Waals surface area contributed by atoms with Crippen LogP contribution in [0.25, 0.3) is 16.4 Å². The lowest BCUT2D eigenvalue weighted by Crippen LogP contribution is -2.15. The second kappa shape index (κ2) is 7.49. The van der Waals surface area contributed by atoms with Crippen LogP contribution in [0.2, 0.25) is 0 Å². The molecule has 2 aromatic carbocycles. The number of nitrogens with zero attached hydrogens (tertiary/aromatic N) is 4. The first-order valence-corrected chi connectivity index (χ1v) is 9.27. The van der Waals surface area contributed by atoms with Gasteiger partial charge in [-0.15, -0.1) is 0 Å². The molecule has 1 N–H and O–H groups in total. The number of hydrogen-bond acceptors (Lipinski definition) is 4. The van der Waals surface area contributed by atoms with Gasteiger partial charge in [-0.05, 0) is 29.7 Å². The molecule has 0 unspecified atom stereocenters. The number of imidazole rings is 1. The maximum absolute atomic E-state index is 13.0. The van der Waals surface area contributed by atoms with Crippen molar-refractivity contribution in [3.8, 4) is 6.07 Å². The number of carbonyl (C=O) groups excluding carboxylic acids is 1. The Balaban J connectivity index is 1.77. The van der Waals surface area contributed by atoms with Crippen molar-refractivity contribution >= 4 is 28.1 Å². The van der Waals surface area contributed by atoms with Gasteiger partial charge in [0.25, 0.3) is 5.91 Å². The highest BCUT2D eigenvalue weighted by atomic mass is 16.1. The molecule has 0 saturated carbocycles. The second-order valence-electron chi connectivity index (χ2n) is 6.62. The van der Waals surface area contributed by atoms with E-state index in [9.17, 15) is 10.1 Å². The minimum atomic E-state index is -0.210. The zero-order valence-corrected chi connectivity index (χ0v) is 15.5. The molecule has 0 spiro atoms. The van der Waals surface area contributed by atoms with Crippen LogP contribution < -0.4 is 5.32 Å². The molecule has 4 rings (SSSR count). The van der Waals surface area contributed by atoms with Gasteiger partial charge in [-0.25, -0.2) is 9.97 Å². The van der Waals surface area contributed by atoms with Gasteiger partial charge in [-0.1, -0.05) is 49.7 Å². The maximum Gasteiger partial charge on any atom is 0.257 e. The Labute approximate surface area is 162 Å². The predicted molar refractivity (Wildman–Crippen MR) is 108 cm³/mol. The molecule has 2 heterocycles. The predicted octanol–water partition coefficient (Wildman–Crippen LogP) is 4.35. The zero-order chi connectivity index (χ0) is 19.5. The molecule has 138 valence electrons. The number of amides is 1. The van der Waals surface area contributed by atoms with E-state index >= 15 is 0 Å². The zero-order valence-electron chi connectivity index (χ0n) is 15.5. The Bertz CT molecular complexity index is 1210. The molecule has 4 aromatic rings. The standard InChI is InChI=1S/C22H19N5O/c1-2-3-9-16-12-20(27-14-24-19(13-23)21(27)25-16)26-22(28)18-11-6-8-15-7-4-5-10-17(15)18/h4-8,10-12,14H,2-3,9H2,1H3,(H,26,28). The minimum Gasteiger partial charge on any atom is -0.308 e. The lowest BCUT2D eigenvalue weighted by Gasteiger charge is -2.11. The third-order valence-corrected chi connectivity index (χ3v) is 4.72. The molecule has 0 fully saturated rings. The topological polar surface area (TPSA) is 83.1 Å². The molecule has 0 aliphatic rings. The SMILES string of the molecule is CCCCc1cc(NC(=O)c2cccc3ccccc23)n2cnc(C#N)c2n1. The summed E-state index contributed by atoms with van der Waals surface area (Å²) < 4.78 is 1.65. The fraction of sp³-hybridized carbons (Fsp3) is 0.182. The van der Waals surface area contributed by atoms with Crippen LogP contribution in [0.15, 0.2) is 54.9 Å². The summed E-state index contributed by atoms with van der Waals surface area (Å²) in [6.07, 6.45) is 4.31. The third kappa shape index (κ3) is 3.19. The molecular weight excluding hydrogens is 350 g/mol. The fourth-order valence-electron chi connectivity index (χ4n) is 3.29. The van der Waals surface area contributed by atoms with Crippen LogP contribution in [0, 0.1) is 11.3 Å². The van der Waals surface area contributed by atoms with Gasteiger partial charge >= 0.3 is 0 Å². The number of unbranched alkanes of at least 4 members (excludes halogenated alkanes) is 1. The molecule has 0 atom stereocenters. The van der Waals surface area contributed by atoms with Crippen LogP contribution in [0.3, 0.4) is 0 Å². The van der Waals surface area contributed by atoms with Crippen molar-refractivity contribution in [2.45, 2.75) is 26.2 Å². The number of benzene rings is 2. The number of nitriles is 1. The number of aryl methyl sites for hydroxylation is 1. The first-order valence-electron chi connectivity index (χ1n) is 9.27. The van der Waals surface area contributed by atoms with Gasteiger partial charge in [0, 0.05) is 17.3 Å². The highest BCUT2D eigenvalue weighted by Crippen LogP contribution is 2.22. The first-order chi connectivity index (χ1) is 13.7. The number of fused-ring (bicyclic) bond motifs is 2. The van der Waals surface area contributed by atoms with Gasteiger partial charge in [0.15, 0.2) is 11.3 Å². The molecule has 6 nitrogen and oxygen atoms in total. The van der Waals surface area contributed by atoms with E-state index in [2.05, 4.69) is 28.3 Å². The Morgan fingerprint density at radius 2 is 2.04 bits per heavy atom. The third-order valence-electron chi connectivity index (χ3n) is 4.72. The summed E-state index contributed by atoms with van der Waals surface area (Å²) in [4.78, 5) is 21.7. The van der Waals surface area contributed by atoms with Gasteiger partial charge < -0.3 is 5.32 Å². The largest absolute Gasteiger partial charge is 0.308 e. The van der Waals surface area contributed by atoms with E-state index in [-0.39, 0.29) is 11.6 Å². The molecule has 28 heavy (non-hydrogen) atoms. The summed E-state index contributed by atoms with van der Waals surface area (Å²) in [5.41, 5.74) is 2.14. The molecule has 0 aliphatic heterocycles. The van der Waals surface area contributed by atoms with Gasteiger partial charge in [0.05, 0.1) is 0 Å². The molecule has 0 saturated heterocycles. The molecule has 1 amide bonds. The molecule has 6 heteroatoms. The van der Waals surface area contributed by atoms with Crippen molar-refractivity contribution in [1.82, 2.24) is 14.4 Å². The lowest BCUT2D eigenvalue weighted by molar-refractivity contribution is 0.102. The van der Waals surface area contributed by atoms with Gasteiger partial charge in [-0.3, -0.25) is 9.20 Å². The number of carbonyl (C=O) groups is 1. The average molecular weight is 369 g/mol. The second-order valence-corrected chi connectivity index (χ2v) is 6.62. The summed E-state index contributed by atoms with van der Waals surface area (Å²) in [6, 6.07) is 17.4. The van der Waals surface area contributed by atoms with Crippen LogP contribution in [-0.2, 0) is 6.42 Å². The Hall–Kier alpha value is -3.72. The number of nitrogens with one attached hydrogen (secondary N) is 1. The number of aromatic nitrogens is 3. The van der Waals surface area contributed by atoms with Gasteiger partial charge in [-0.2, -0.15) is 5.26 Å². The normalized spacial score (nSPS) is 10.9. The van der Waals surface area contributed by atoms with E-state index in [0.29, 0.717) is 17.0 Å². The van der Waals surface area contributed by atoms with E-state index in [0.717, 1.165) is 35.7 Å². The van der Waals surface area contributed by atoms with Gasteiger partial charge in [0.2, 0.25) is 0 Å². The van der Waals surface area contributed by atoms with Crippen LogP contribution in [0.1, 0.15) is 41.5 Å². The van der Waals surface area contributed by atoms with Crippen molar-refractivity contribution in [2.24, 2.45) is 0 Å². The quantitative estimate of drug-likeness (QED) is 0.567. The summed E-state index contributed by atoms with van der Waals surface area (Å²) >= 11 is 0. The van der Waals surface area contributed by atoms with Crippen LogP contribution in [-0.4, -0.2) is 20.3 Å². The lowest BCUT2D eigenvalue weighted by atomic mass is 10.0. The van der Waals surface area contributed by atoms with E-state index in [1.807, 2.05) is 48.5 Å². The van der Waals surface area contributed by atoms with Crippen molar-refractivity contribution in [3.63, 3.8) is 0 Å². The Morgan fingerprint density at radius 3 is 2.86 bits per heavy atom. The molecule has 0 bridgehead atoms. The van der Waals surface area contributed by atoms with E-state index in [4.69, 9.17) is 0 Å². The summed E-state index contributed by atoms with van der Waals surface area (Å²) in [7, 11) is 0. The number of hydrogen-bond donors (Lipinski definition) is 1. The van der Waals surface area contributed by atoms with Crippen molar-refractivity contribution in [1.29, 1.82) is 5.26 Å². The Kier molecular flexibility index (Phi) is 4.73. The maximum atomic E-state index is 13.0. The van der Waals surface area contributed by atoms with E-state index < -0.39 is 0 Å². The molecule has 0 radical (unpaired) electrons. The van der Waals surface area contributed by atoms with Crippen molar-refractivity contribution in [2.75, 3.05) is 5.32 Å². The summed E-state index contributed by atoms with van der Waals surface area (Å²) in [5.74, 6) is 0.348. The highest BCUT2D eigenvalue weighted by Gasteiger charge is 2.15. The molecule has 2 aromatic heterocycles. The van der Waals surface area contributed by atoms with Crippen molar-refractivity contribution < 1.29 is 4.79 Å². The Morgan fingerprint density at radius 1 is 1.21 bits per heavy atom. The average Bonchev–Trinajstić information content (AvgIpc) is 3.15. The van der Waals surface area contributed by atoms with Crippen molar-refractivity contribution in [3.05, 3.63) is 71.8 Å². The summed E-state index contributed by atoms with van der Waals surface area (Å²) in [5, 5.41) is 14.2. The molecular formula is C22H19N5O. The van der Waals surface area contributed by atoms with E-state index in [1.54, 1.807) is 4.40 Å². The number of rotatable bonds is 5. The first kappa shape index (κ1) is 17.7. The molecule has 0 aliphatic carbocycles. The van der Waals surface area contributed by atoms with E-state index in [1.165, 1.54) is 6.33 Å². The summed E-state index contributed by atoms with van der Waals surface area (Å²) in [6.45, 7) is 2.11. The van der Waals surface area contributed by atoms with Crippen LogP contribution in [0.5, 0.6) is 0 Å². The highest BCUT2D eigenvalue weighted by molar-refractivity contribution is 6.12. The van der Waals surface area contributed by atoms with Crippen LogP contribution in [0.4, 0.5) is 5.82 Å².